The van der Waals surface area contributed by atoms with Gasteiger partial charge in [-0.1, -0.05) is 36.4 Å². The predicted molar refractivity (Wildman–Crippen MR) is 173 cm³/mol. The molecule has 2 amide bonds. The number of methoxy groups -OCH3 is 1. The maximum absolute atomic E-state index is 14.0. The Hall–Kier alpha value is -4.04. The SMILES string of the molecule is COc1ccc(CC(=O)N2CCCN(C(C)C)CCN(C(=O)Cc3ccc4c(c3)OCCCO4)Cc3cccc(C)c32)cc1. The molecule has 0 aromatic heterocycles. The van der Waals surface area contributed by atoms with Crippen molar-refractivity contribution in [3.05, 3.63) is 82.9 Å². The molecule has 8 nitrogen and oxygen atoms in total. The molecule has 2 aliphatic heterocycles. The van der Waals surface area contributed by atoms with Gasteiger partial charge < -0.3 is 24.0 Å². The van der Waals surface area contributed by atoms with Gasteiger partial charge in [0.2, 0.25) is 11.8 Å². The van der Waals surface area contributed by atoms with Gasteiger partial charge in [0.25, 0.3) is 0 Å². The number of carbonyl (C=O) groups excluding carboxylic acids is 2. The topological polar surface area (TPSA) is 71.6 Å². The lowest BCUT2D eigenvalue weighted by Gasteiger charge is -2.30. The zero-order valence-electron chi connectivity index (χ0n) is 26.5. The van der Waals surface area contributed by atoms with E-state index in [9.17, 15) is 9.59 Å². The Morgan fingerprint density at radius 3 is 2.30 bits per heavy atom. The summed E-state index contributed by atoms with van der Waals surface area (Å²) in [7, 11) is 1.64. The number of para-hydroxylation sites is 1. The quantitative estimate of drug-likeness (QED) is 0.377. The third-order valence-electron chi connectivity index (χ3n) is 8.50. The summed E-state index contributed by atoms with van der Waals surface area (Å²) in [6.45, 7) is 10.9. The van der Waals surface area contributed by atoms with E-state index < -0.39 is 0 Å². The van der Waals surface area contributed by atoms with Crippen molar-refractivity contribution in [2.45, 2.75) is 59.0 Å². The summed E-state index contributed by atoms with van der Waals surface area (Å²) >= 11 is 0. The Balaban J connectivity index is 1.43. The molecule has 0 radical (unpaired) electrons. The number of nitrogens with zero attached hydrogens (tertiary/aromatic N) is 3. The third kappa shape index (κ3) is 7.72. The van der Waals surface area contributed by atoms with Crippen molar-refractivity contribution in [3.8, 4) is 17.2 Å². The minimum Gasteiger partial charge on any atom is -0.497 e. The van der Waals surface area contributed by atoms with Crippen LogP contribution in [0.4, 0.5) is 5.69 Å². The smallest absolute Gasteiger partial charge is 0.231 e. The van der Waals surface area contributed by atoms with Crippen LogP contribution in [0.15, 0.2) is 60.7 Å². The normalized spacial score (nSPS) is 16.1. The van der Waals surface area contributed by atoms with Crippen molar-refractivity contribution in [1.82, 2.24) is 9.80 Å². The molecule has 8 heteroatoms. The van der Waals surface area contributed by atoms with Crippen LogP contribution in [0.2, 0.25) is 0 Å². The van der Waals surface area contributed by atoms with E-state index in [0.29, 0.717) is 51.1 Å². The summed E-state index contributed by atoms with van der Waals surface area (Å²) in [5.41, 5.74) is 4.77. The number of aryl methyl sites for hydroxylation is 1. The predicted octanol–water partition coefficient (Wildman–Crippen LogP) is 5.43. The van der Waals surface area contributed by atoms with Gasteiger partial charge in [-0.25, -0.2) is 0 Å². The highest BCUT2D eigenvalue weighted by Gasteiger charge is 2.26. The van der Waals surface area contributed by atoms with Crippen LogP contribution in [0.1, 0.15) is 48.9 Å². The van der Waals surface area contributed by atoms with E-state index in [1.54, 1.807) is 7.11 Å². The van der Waals surface area contributed by atoms with Gasteiger partial charge in [0, 0.05) is 45.2 Å². The summed E-state index contributed by atoms with van der Waals surface area (Å²) in [5, 5.41) is 0. The molecule has 0 saturated carbocycles. The van der Waals surface area contributed by atoms with Crippen LogP contribution in [0.25, 0.3) is 0 Å². The molecule has 234 valence electrons. The van der Waals surface area contributed by atoms with Crippen molar-refractivity contribution in [1.29, 1.82) is 0 Å². The van der Waals surface area contributed by atoms with Crippen molar-refractivity contribution in [3.63, 3.8) is 0 Å². The fourth-order valence-corrected chi connectivity index (χ4v) is 6.02. The van der Waals surface area contributed by atoms with Gasteiger partial charge in [-0.3, -0.25) is 14.5 Å². The van der Waals surface area contributed by atoms with Crippen molar-refractivity contribution in [2.24, 2.45) is 0 Å². The number of fused-ring (bicyclic) bond motifs is 2. The highest BCUT2D eigenvalue weighted by molar-refractivity contribution is 5.96. The second kappa shape index (κ2) is 14.6. The van der Waals surface area contributed by atoms with E-state index in [0.717, 1.165) is 65.4 Å². The van der Waals surface area contributed by atoms with Gasteiger partial charge >= 0.3 is 0 Å². The van der Waals surface area contributed by atoms with E-state index in [2.05, 4.69) is 37.8 Å². The van der Waals surface area contributed by atoms with Gasteiger partial charge in [-0.05, 0) is 73.7 Å². The largest absolute Gasteiger partial charge is 0.497 e. The molecule has 3 aromatic rings. The van der Waals surface area contributed by atoms with E-state index in [4.69, 9.17) is 14.2 Å². The van der Waals surface area contributed by atoms with Gasteiger partial charge in [-0.15, -0.1) is 0 Å². The Bertz CT molecular complexity index is 1440. The van der Waals surface area contributed by atoms with E-state index >= 15 is 0 Å². The summed E-state index contributed by atoms with van der Waals surface area (Å²) in [6, 6.07) is 19.9. The Kier molecular flexibility index (Phi) is 10.4. The maximum atomic E-state index is 14.0. The summed E-state index contributed by atoms with van der Waals surface area (Å²) in [4.78, 5) is 34.3. The monoisotopic (exact) mass is 599 g/mol. The van der Waals surface area contributed by atoms with Gasteiger partial charge in [0.1, 0.15) is 5.75 Å². The zero-order chi connectivity index (χ0) is 31.1. The maximum Gasteiger partial charge on any atom is 0.231 e. The number of anilines is 1. The van der Waals surface area contributed by atoms with E-state index in [-0.39, 0.29) is 18.2 Å². The van der Waals surface area contributed by atoms with E-state index in [1.807, 2.05) is 58.3 Å². The van der Waals surface area contributed by atoms with Crippen molar-refractivity contribution >= 4 is 17.5 Å². The number of amides is 2. The molecule has 0 saturated heterocycles. The highest BCUT2D eigenvalue weighted by atomic mass is 16.5. The molecule has 0 aliphatic carbocycles. The molecular formula is C36H45N3O5. The molecular weight excluding hydrogens is 554 g/mol. The summed E-state index contributed by atoms with van der Waals surface area (Å²) < 4.78 is 17.0. The second-order valence-corrected chi connectivity index (χ2v) is 12.0. The van der Waals surface area contributed by atoms with Crippen LogP contribution in [0.3, 0.4) is 0 Å². The van der Waals surface area contributed by atoms with E-state index in [1.165, 1.54) is 0 Å². The number of rotatable bonds is 6. The summed E-state index contributed by atoms with van der Waals surface area (Å²) in [5.74, 6) is 2.29. The molecule has 3 aromatic carbocycles. The molecule has 0 bridgehead atoms. The van der Waals surface area contributed by atoms with Crippen LogP contribution in [-0.4, -0.2) is 74.2 Å². The first-order valence-electron chi connectivity index (χ1n) is 15.7. The van der Waals surface area contributed by atoms with Crippen molar-refractivity contribution in [2.75, 3.05) is 51.4 Å². The lowest BCUT2D eigenvalue weighted by atomic mass is 10.0. The standard InChI is InChI=1S/C36H45N3O5/c1-26(2)37-16-6-17-39(35(41)23-28-10-13-31(42-4)14-11-28)36-27(3)8-5-9-30(36)25-38(19-18-37)34(40)24-29-12-15-32-33(22-29)44-21-7-20-43-32/h5,8-15,22,26H,6-7,16-21,23-25H2,1-4H3. The molecule has 0 N–H and O–H groups in total. The first-order valence-corrected chi connectivity index (χ1v) is 15.7. The number of carbonyl (C=O) groups is 2. The Labute approximate surface area is 261 Å². The molecule has 2 heterocycles. The van der Waals surface area contributed by atoms with Crippen molar-refractivity contribution < 1.29 is 23.8 Å². The second-order valence-electron chi connectivity index (χ2n) is 12.0. The van der Waals surface area contributed by atoms with Crippen LogP contribution >= 0.6 is 0 Å². The fourth-order valence-electron chi connectivity index (χ4n) is 6.02. The molecule has 2 aliphatic rings. The lowest BCUT2D eigenvalue weighted by Crippen LogP contribution is -2.42. The van der Waals surface area contributed by atoms with Gasteiger partial charge in [0.15, 0.2) is 11.5 Å². The lowest BCUT2D eigenvalue weighted by molar-refractivity contribution is -0.131. The number of benzene rings is 3. The Morgan fingerprint density at radius 1 is 0.818 bits per heavy atom. The minimum absolute atomic E-state index is 0.0472. The Morgan fingerprint density at radius 2 is 1.55 bits per heavy atom. The first-order chi connectivity index (χ1) is 21.3. The number of hydrogen-bond acceptors (Lipinski definition) is 6. The molecule has 0 fully saturated rings. The minimum atomic E-state index is 0.0472. The zero-order valence-corrected chi connectivity index (χ0v) is 26.5. The highest BCUT2D eigenvalue weighted by Crippen LogP contribution is 2.32. The molecule has 44 heavy (non-hydrogen) atoms. The van der Waals surface area contributed by atoms with Crippen LogP contribution in [-0.2, 0) is 29.0 Å². The van der Waals surface area contributed by atoms with Gasteiger partial charge in [-0.2, -0.15) is 0 Å². The van der Waals surface area contributed by atoms with Crippen LogP contribution < -0.4 is 19.1 Å². The van der Waals surface area contributed by atoms with Crippen LogP contribution in [0.5, 0.6) is 17.2 Å². The third-order valence-corrected chi connectivity index (χ3v) is 8.50. The summed E-state index contributed by atoms with van der Waals surface area (Å²) in [6.07, 6.45) is 2.23. The average molecular weight is 600 g/mol. The van der Waals surface area contributed by atoms with Gasteiger partial charge in [0.05, 0.1) is 38.9 Å². The number of ether oxygens (including phenoxy) is 3. The molecule has 0 unspecified atom stereocenters. The molecule has 5 rings (SSSR count). The average Bonchev–Trinajstić information content (AvgIpc) is 3.27. The first kappa shape index (κ1) is 31.4. The molecule has 0 spiro atoms. The molecule has 0 atom stereocenters. The number of hydrogen-bond donors (Lipinski definition) is 0. The van der Waals surface area contributed by atoms with Crippen LogP contribution in [0, 0.1) is 6.92 Å². The fraction of sp³-hybridized carbons (Fsp3) is 0.444.